The predicted octanol–water partition coefficient (Wildman–Crippen LogP) is 3.19. The predicted molar refractivity (Wildman–Crippen MR) is 76.1 cm³/mol. The van der Waals surface area contributed by atoms with E-state index in [0.29, 0.717) is 6.54 Å². The van der Waals surface area contributed by atoms with E-state index in [0.717, 1.165) is 18.5 Å². The highest BCUT2D eigenvalue weighted by atomic mass is 16.2. The van der Waals surface area contributed by atoms with Crippen LogP contribution in [-0.2, 0) is 13.0 Å². The molecule has 0 unspecified atom stereocenters. The summed E-state index contributed by atoms with van der Waals surface area (Å²) >= 11 is 0. The van der Waals surface area contributed by atoms with Gasteiger partial charge in [-0.05, 0) is 36.1 Å². The molecule has 1 aliphatic heterocycles. The van der Waals surface area contributed by atoms with E-state index in [4.69, 9.17) is 0 Å². The fourth-order valence-corrected chi connectivity index (χ4v) is 2.62. The molecule has 1 heterocycles. The molecule has 1 aliphatic rings. The van der Waals surface area contributed by atoms with Gasteiger partial charge in [0.2, 0.25) is 0 Å². The van der Waals surface area contributed by atoms with Crippen molar-refractivity contribution in [2.75, 3.05) is 6.54 Å². The third-order valence-electron chi connectivity index (χ3n) is 3.81. The summed E-state index contributed by atoms with van der Waals surface area (Å²) in [6, 6.07) is 16.2. The Hall–Kier alpha value is -2.09. The Morgan fingerprint density at radius 2 is 1.79 bits per heavy atom. The number of hydrogen-bond acceptors (Lipinski definition) is 1. The molecule has 2 nitrogen and oxygen atoms in total. The Morgan fingerprint density at radius 1 is 1.05 bits per heavy atom. The molecule has 0 fully saturated rings. The molecule has 2 aromatic rings. The highest BCUT2D eigenvalue weighted by Crippen LogP contribution is 2.21. The van der Waals surface area contributed by atoms with Gasteiger partial charge in [0.25, 0.3) is 5.91 Å². The van der Waals surface area contributed by atoms with Gasteiger partial charge in [-0.25, -0.2) is 0 Å². The van der Waals surface area contributed by atoms with Crippen molar-refractivity contribution in [1.82, 2.24) is 4.90 Å². The fourth-order valence-electron chi connectivity index (χ4n) is 2.62. The van der Waals surface area contributed by atoms with E-state index in [1.165, 1.54) is 16.7 Å². The minimum absolute atomic E-state index is 0.158. The van der Waals surface area contributed by atoms with Gasteiger partial charge in [0.1, 0.15) is 0 Å². The van der Waals surface area contributed by atoms with Gasteiger partial charge in [0, 0.05) is 18.7 Å². The van der Waals surface area contributed by atoms with Gasteiger partial charge in [-0.15, -0.1) is 0 Å². The highest BCUT2D eigenvalue weighted by Gasteiger charge is 2.23. The number of rotatable bonds is 2. The maximum Gasteiger partial charge on any atom is 0.254 e. The SMILES string of the molecule is Cc1ccccc1CN1CCc2ccccc2C1=O. The first-order valence-corrected chi connectivity index (χ1v) is 6.67. The lowest BCUT2D eigenvalue weighted by Gasteiger charge is -2.29. The van der Waals surface area contributed by atoms with Crippen molar-refractivity contribution in [3.8, 4) is 0 Å². The monoisotopic (exact) mass is 251 g/mol. The molecule has 0 spiro atoms. The first kappa shape index (κ1) is 12.0. The third-order valence-corrected chi connectivity index (χ3v) is 3.81. The normalized spacial score (nSPS) is 14.4. The first-order valence-electron chi connectivity index (χ1n) is 6.67. The van der Waals surface area contributed by atoms with Gasteiger partial charge in [0.15, 0.2) is 0 Å². The van der Waals surface area contributed by atoms with Crippen LogP contribution in [0.5, 0.6) is 0 Å². The Balaban J connectivity index is 1.85. The summed E-state index contributed by atoms with van der Waals surface area (Å²) in [6.45, 7) is 3.61. The molecule has 0 N–H and O–H groups in total. The van der Waals surface area contributed by atoms with E-state index in [1.54, 1.807) is 0 Å². The lowest BCUT2D eigenvalue weighted by Crippen LogP contribution is -2.37. The second-order valence-corrected chi connectivity index (χ2v) is 5.06. The third kappa shape index (κ3) is 2.26. The van der Waals surface area contributed by atoms with Crippen LogP contribution in [0.15, 0.2) is 48.5 Å². The molecule has 0 aromatic heterocycles. The number of fused-ring (bicyclic) bond motifs is 1. The van der Waals surface area contributed by atoms with Crippen LogP contribution in [0, 0.1) is 6.92 Å². The number of benzene rings is 2. The van der Waals surface area contributed by atoms with E-state index in [9.17, 15) is 4.79 Å². The van der Waals surface area contributed by atoms with Crippen molar-refractivity contribution in [2.45, 2.75) is 19.9 Å². The minimum Gasteiger partial charge on any atom is -0.334 e. The molecule has 3 rings (SSSR count). The van der Waals surface area contributed by atoms with Crippen molar-refractivity contribution in [2.24, 2.45) is 0 Å². The van der Waals surface area contributed by atoms with Gasteiger partial charge in [-0.1, -0.05) is 42.5 Å². The van der Waals surface area contributed by atoms with Crippen molar-refractivity contribution < 1.29 is 4.79 Å². The average molecular weight is 251 g/mol. The summed E-state index contributed by atoms with van der Waals surface area (Å²) < 4.78 is 0. The van der Waals surface area contributed by atoms with Gasteiger partial charge >= 0.3 is 0 Å². The second-order valence-electron chi connectivity index (χ2n) is 5.06. The van der Waals surface area contributed by atoms with Crippen molar-refractivity contribution >= 4 is 5.91 Å². The summed E-state index contributed by atoms with van der Waals surface area (Å²) in [6.07, 6.45) is 0.952. The van der Waals surface area contributed by atoms with Crippen molar-refractivity contribution in [3.05, 3.63) is 70.8 Å². The fraction of sp³-hybridized carbons (Fsp3) is 0.235. The molecule has 0 aliphatic carbocycles. The molecule has 0 saturated carbocycles. The molecule has 0 radical (unpaired) electrons. The van der Waals surface area contributed by atoms with Gasteiger partial charge in [-0.3, -0.25) is 4.79 Å². The molecule has 0 atom stereocenters. The summed E-state index contributed by atoms with van der Waals surface area (Å²) in [5.74, 6) is 0.158. The maximum absolute atomic E-state index is 12.5. The summed E-state index contributed by atoms with van der Waals surface area (Å²) in [4.78, 5) is 14.4. The maximum atomic E-state index is 12.5. The Labute approximate surface area is 113 Å². The van der Waals surface area contributed by atoms with Crippen LogP contribution in [0.25, 0.3) is 0 Å². The van der Waals surface area contributed by atoms with Crippen LogP contribution in [0.2, 0.25) is 0 Å². The zero-order valence-corrected chi connectivity index (χ0v) is 11.1. The first-order chi connectivity index (χ1) is 9.25. The van der Waals surface area contributed by atoms with Gasteiger partial charge in [0.05, 0.1) is 0 Å². The van der Waals surface area contributed by atoms with Crippen LogP contribution in [-0.4, -0.2) is 17.4 Å². The van der Waals surface area contributed by atoms with E-state index >= 15 is 0 Å². The molecule has 2 aromatic carbocycles. The Bertz CT molecular complexity index is 618. The quantitative estimate of drug-likeness (QED) is 0.802. The van der Waals surface area contributed by atoms with E-state index in [2.05, 4.69) is 25.1 Å². The summed E-state index contributed by atoms with van der Waals surface area (Å²) in [7, 11) is 0. The molecule has 19 heavy (non-hydrogen) atoms. The van der Waals surface area contributed by atoms with Crippen molar-refractivity contribution in [3.63, 3.8) is 0 Å². The number of amides is 1. The lowest BCUT2D eigenvalue weighted by atomic mass is 9.98. The molecule has 0 bridgehead atoms. The van der Waals surface area contributed by atoms with Gasteiger partial charge in [-0.2, -0.15) is 0 Å². The topological polar surface area (TPSA) is 20.3 Å². The van der Waals surface area contributed by atoms with E-state index in [-0.39, 0.29) is 5.91 Å². The van der Waals surface area contributed by atoms with Crippen LogP contribution < -0.4 is 0 Å². The van der Waals surface area contributed by atoms with Crippen LogP contribution in [0.4, 0.5) is 0 Å². The number of carbonyl (C=O) groups is 1. The lowest BCUT2D eigenvalue weighted by molar-refractivity contribution is 0.0727. The second kappa shape index (κ2) is 4.88. The molecule has 2 heteroatoms. The van der Waals surface area contributed by atoms with E-state index in [1.807, 2.05) is 35.2 Å². The van der Waals surface area contributed by atoms with Crippen molar-refractivity contribution in [1.29, 1.82) is 0 Å². The van der Waals surface area contributed by atoms with E-state index < -0.39 is 0 Å². The number of hydrogen-bond donors (Lipinski definition) is 0. The van der Waals surface area contributed by atoms with Crippen LogP contribution in [0.3, 0.4) is 0 Å². The number of nitrogens with zero attached hydrogens (tertiary/aromatic N) is 1. The minimum atomic E-state index is 0.158. The highest BCUT2D eigenvalue weighted by molar-refractivity contribution is 5.96. The van der Waals surface area contributed by atoms with Crippen LogP contribution in [0.1, 0.15) is 27.0 Å². The summed E-state index contributed by atoms with van der Waals surface area (Å²) in [5, 5.41) is 0. The molecular formula is C17H17NO. The largest absolute Gasteiger partial charge is 0.334 e. The molecule has 0 saturated heterocycles. The number of aryl methyl sites for hydroxylation is 1. The summed E-state index contributed by atoms with van der Waals surface area (Å²) in [5.41, 5.74) is 4.51. The number of carbonyl (C=O) groups excluding carboxylic acids is 1. The molecule has 1 amide bonds. The zero-order valence-electron chi connectivity index (χ0n) is 11.1. The molecular weight excluding hydrogens is 234 g/mol. The standard InChI is InChI=1S/C17H17NO/c1-13-6-2-3-8-15(13)12-18-11-10-14-7-4-5-9-16(14)17(18)19/h2-9H,10-12H2,1H3. The van der Waals surface area contributed by atoms with Gasteiger partial charge < -0.3 is 4.90 Å². The molecule has 96 valence electrons. The Morgan fingerprint density at radius 3 is 2.63 bits per heavy atom. The Kier molecular flexibility index (Phi) is 3.08. The van der Waals surface area contributed by atoms with Crippen LogP contribution >= 0.6 is 0 Å². The zero-order chi connectivity index (χ0) is 13.2. The average Bonchev–Trinajstić information content (AvgIpc) is 2.44. The smallest absolute Gasteiger partial charge is 0.254 e.